The highest BCUT2D eigenvalue weighted by molar-refractivity contribution is 7.10. The van der Waals surface area contributed by atoms with E-state index in [4.69, 9.17) is 19.3 Å². The summed E-state index contributed by atoms with van der Waals surface area (Å²) < 4.78 is 17.6. The van der Waals surface area contributed by atoms with Crippen molar-refractivity contribution in [3.63, 3.8) is 0 Å². The van der Waals surface area contributed by atoms with Crippen LogP contribution >= 0.6 is 11.3 Å². The van der Waals surface area contributed by atoms with E-state index >= 15 is 0 Å². The summed E-state index contributed by atoms with van der Waals surface area (Å²) in [4.78, 5) is 1.13. The molecule has 0 N–H and O–H groups in total. The van der Waals surface area contributed by atoms with E-state index in [-0.39, 0.29) is 12.3 Å². The summed E-state index contributed by atoms with van der Waals surface area (Å²) in [5.41, 5.74) is 3.28. The minimum Gasteiger partial charge on any atom is -0.497 e. The molecule has 3 heterocycles. The molecule has 2 atom stereocenters. The first-order valence-electron chi connectivity index (χ1n) is 9.74. The summed E-state index contributed by atoms with van der Waals surface area (Å²) in [7, 11) is 1.68. The van der Waals surface area contributed by atoms with Crippen LogP contribution in [0.25, 0.3) is 0 Å². The van der Waals surface area contributed by atoms with Crippen LogP contribution in [0.1, 0.15) is 41.6 Å². The highest BCUT2D eigenvalue weighted by Gasteiger charge is 2.42. The zero-order valence-electron chi connectivity index (χ0n) is 16.4. The van der Waals surface area contributed by atoms with Crippen molar-refractivity contribution in [2.24, 2.45) is 5.10 Å². The monoisotopic (exact) mass is 406 g/mol. The topological polar surface area (TPSA) is 43.3 Å². The van der Waals surface area contributed by atoms with Gasteiger partial charge < -0.3 is 14.2 Å². The number of benzene rings is 2. The molecular formula is C23H22N2O3S. The van der Waals surface area contributed by atoms with Gasteiger partial charge in [0, 0.05) is 12.0 Å². The highest BCUT2D eigenvalue weighted by atomic mass is 32.1. The minimum absolute atomic E-state index is 0.114. The molecule has 0 radical (unpaired) electrons. The molecule has 5 rings (SSSR count). The van der Waals surface area contributed by atoms with Crippen LogP contribution in [0.5, 0.6) is 17.2 Å². The minimum atomic E-state index is -0.259. The van der Waals surface area contributed by atoms with Gasteiger partial charge >= 0.3 is 0 Å². The molecule has 29 heavy (non-hydrogen) atoms. The Kier molecular flexibility index (Phi) is 4.64. The lowest BCUT2D eigenvalue weighted by atomic mass is 9.96. The maximum Gasteiger partial charge on any atom is 0.223 e. The van der Waals surface area contributed by atoms with Crippen LogP contribution in [0, 0.1) is 0 Å². The van der Waals surface area contributed by atoms with Gasteiger partial charge in [-0.15, -0.1) is 11.3 Å². The molecule has 5 nitrogen and oxygen atoms in total. The molecular weight excluding hydrogens is 384 g/mol. The third-order valence-electron chi connectivity index (χ3n) is 5.29. The van der Waals surface area contributed by atoms with E-state index in [0.29, 0.717) is 6.61 Å². The number of fused-ring (bicyclic) bond motifs is 3. The molecule has 0 amide bonds. The standard InChI is InChI=1S/C23H22N2O3S/c1-3-27-20-7-4-6-17-19-14-18(15-9-11-16(26-2)12-10-15)24-25(19)23(28-22(17)20)21-8-5-13-29-21/h4-13,19,23H,3,14H2,1-2H3/t19-,23+/m1/s1. The van der Waals surface area contributed by atoms with Gasteiger partial charge in [0.05, 0.1) is 30.3 Å². The van der Waals surface area contributed by atoms with Crippen LogP contribution in [0.3, 0.4) is 0 Å². The van der Waals surface area contributed by atoms with E-state index in [1.807, 2.05) is 37.3 Å². The van der Waals surface area contributed by atoms with Crippen LogP contribution in [0.2, 0.25) is 0 Å². The Morgan fingerprint density at radius 3 is 2.72 bits per heavy atom. The molecule has 0 bridgehead atoms. The SMILES string of the molecule is CCOc1cccc2c1O[C@@H](c1cccs1)N1N=C(c3ccc(OC)cc3)C[C@H]21. The van der Waals surface area contributed by atoms with Gasteiger partial charge in [-0.25, -0.2) is 5.01 Å². The Morgan fingerprint density at radius 1 is 1.14 bits per heavy atom. The Labute approximate surface area is 174 Å². The fourth-order valence-corrected chi connectivity index (χ4v) is 4.67. The Bertz CT molecular complexity index is 1030. The summed E-state index contributed by atoms with van der Waals surface area (Å²) in [6, 6.07) is 18.5. The first-order chi connectivity index (χ1) is 14.3. The van der Waals surface area contributed by atoms with Crippen LogP contribution in [0.4, 0.5) is 0 Å². The molecule has 2 aliphatic heterocycles. The number of hydrogen-bond acceptors (Lipinski definition) is 6. The summed E-state index contributed by atoms with van der Waals surface area (Å²) in [5, 5.41) is 9.17. The number of hydrogen-bond donors (Lipinski definition) is 0. The second-order valence-electron chi connectivity index (χ2n) is 6.97. The Morgan fingerprint density at radius 2 is 2.00 bits per heavy atom. The van der Waals surface area contributed by atoms with Gasteiger partial charge in [-0.2, -0.15) is 5.10 Å². The van der Waals surface area contributed by atoms with Crippen LogP contribution in [0.15, 0.2) is 65.1 Å². The maximum absolute atomic E-state index is 6.48. The number of ether oxygens (including phenoxy) is 3. The van der Waals surface area contributed by atoms with E-state index in [1.54, 1.807) is 18.4 Å². The van der Waals surface area contributed by atoms with Gasteiger partial charge in [0.15, 0.2) is 11.5 Å². The zero-order chi connectivity index (χ0) is 19.8. The molecule has 3 aromatic rings. The molecule has 0 fully saturated rings. The van der Waals surface area contributed by atoms with E-state index in [9.17, 15) is 0 Å². The first kappa shape index (κ1) is 18.1. The number of rotatable bonds is 5. The Balaban J connectivity index is 1.57. The summed E-state index contributed by atoms with van der Waals surface area (Å²) in [6.07, 6.45) is 0.560. The fraction of sp³-hybridized carbons (Fsp3) is 0.261. The number of nitrogens with zero attached hydrogens (tertiary/aromatic N) is 2. The van der Waals surface area contributed by atoms with Crippen molar-refractivity contribution in [1.29, 1.82) is 0 Å². The van der Waals surface area contributed by atoms with Crippen molar-refractivity contribution >= 4 is 17.0 Å². The molecule has 0 saturated heterocycles. The summed E-state index contributed by atoms with van der Waals surface area (Å²) >= 11 is 1.68. The van der Waals surface area contributed by atoms with E-state index < -0.39 is 0 Å². The quantitative estimate of drug-likeness (QED) is 0.569. The maximum atomic E-state index is 6.48. The zero-order valence-corrected chi connectivity index (χ0v) is 17.2. The van der Waals surface area contributed by atoms with Crippen molar-refractivity contribution in [2.45, 2.75) is 25.6 Å². The molecule has 0 spiro atoms. The first-order valence-corrected chi connectivity index (χ1v) is 10.6. The van der Waals surface area contributed by atoms with Crippen LogP contribution < -0.4 is 14.2 Å². The average Bonchev–Trinajstić information content (AvgIpc) is 3.44. The van der Waals surface area contributed by atoms with Crippen molar-refractivity contribution in [3.05, 3.63) is 76.0 Å². The average molecular weight is 407 g/mol. The van der Waals surface area contributed by atoms with Gasteiger partial charge in [-0.3, -0.25) is 0 Å². The molecule has 0 unspecified atom stereocenters. The van der Waals surface area contributed by atoms with Crippen molar-refractivity contribution in [1.82, 2.24) is 5.01 Å². The predicted molar refractivity (Wildman–Crippen MR) is 114 cm³/mol. The summed E-state index contributed by atoms with van der Waals surface area (Å²) in [5.74, 6) is 2.47. The Hall–Kier alpha value is -2.99. The molecule has 6 heteroatoms. The van der Waals surface area contributed by atoms with E-state index in [1.165, 1.54) is 0 Å². The van der Waals surface area contributed by atoms with Gasteiger partial charge in [0.25, 0.3) is 0 Å². The highest BCUT2D eigenvalue weighted by Crippen LogP contribution is 2.51. The fourth-order valence-electron chi connectivity index (χ4n) is 3.93. The van der Waals surface area contributed by atoms with Gasteiger partial charge in [0.2, 0.25) is 6.23 Å². The number of thiophene rings is 1. The predicted octanol–water partition coefficient (Wildman–Crippen LogP) is 5.40. The molecule has 1 aromatic heterocycles. The second-order valence-corrected chi connectivity index (χ2v) is 7.95. The van der Waals surface area contributed by atoms with E-state index in [0.717, 1.165) is 45.4 Å². The largest absolute Gasteiger partial charge is 0.497 e. The third-order valence-corrected chi connectivity index (χ3v) is 6.19. The van der Waals surface area contributed by atoms with Crippen LogP contribution in [-0.4, -0.2) is 24.4 Å². The van der Waals surface area contributed by atoms with Crippen molar-refractivity contribution in [3.8, 4) is 17.2 Å². The smallest absolute Gasteiger partial charge is 0.223 e. The normalized spacial score (nSPS) is 19.8. The van der Waals surface area contributed by atoms with Crippen LogP contribution in [-0.2, 0) is 0 Å². The van der Waals surface area contributed by atoms with Gasteiger partial charge in [-0.05, 0) is 54.3 Å². The van der Waals surface area contributed by atoms with Gasteiger partial charge in [-0.1, -0.05) is 18.2 Å². The molecule has 2 aromatic carbocycles. The van der Waals surface area contributed by atoms with Crippen molar-refractivity contribution in [2.75, 3.05) is 13.7 Å². The molecule has 0 aliphatic carbocycles. The van der Waals surface area contributed by atoms with Gasteiger partial charge in [0.1, 0.15) is 5.75 Å². The lowest BCUT2D eigenvalue weighted by Gasteiger charge is -2.38. The molecule has 148 valence electrons. The lowest BCUT2D eigenvalue weighted by Crippen LogP contribution is -2.33. The van der Waals surface area contributed by atoms with Crippen molar-refractivity contribution < 1.29 is 14.2 Å². The number of para-hydroxylation sites is 1. The summed E-state index contributed by atoms with van der Waals surface area (Å²) in [6.45, 7) is 2.59. The molecule has 0 saturated carbocycles. The second kappa shape index (κ2) is 7.44. The number of hydrazone groups is 1. The lowest BCUT2D eigenvalue weighted by molar-refractivity contribution is -0.0188. The molecule has 2 aliphatic rings. The van der Waals surface area contributed by atoms with E-state index in [2.05, 4.69) is 34.7 Å². The third kappa shape index (κ3) is 3.13. The number of methoxy groups -OCH3 is 1.